The Morgan fingerprint density at radius 3 is 1.86 bits per heavy atom. The molecule has 2 nitrogen and oxygen atoms in total. The SMILES string of the molecule is Cc1cccc(/C(=C2/N=C(c3ccccc3)C=C2c2ccccc2)c2c3ccccc3c(-c3c(C)cc(C)cc3C)n2C)c1. The molecule has 6 aromatic rings. The van der Waals surface area contributed by atoms with Gasteiger partial charge in [0.2, 0.25) is 0 Å². The van der Waals surface area contributed by atoms with Crippen molar-refractivity contribution in [2.75, 3.05) is 0 Å². The first-order valence-corrected chi connectivity index (χ1v) is 15.3. The molecule has 1 aliphatic rings. The summed E-state index contributed by atoms with van der Waals surface area (Å²) in [6, 6.07) is 43.5. The van der Waals surface area contributed by atoms with Gasteiger partial charge in [-0.1, -0.05) is 132 Å². The van der Waals surface area contributed by atoms with E-state index in [1.54, 1.807) is 0 Å². The summed E-state index contributed by atoms with van der Waals surface area (Å²) in [6.07, 6.45) is 2.26. The molecule has 0 bridgehead atoms. The average molecular weight is 569 g/mol. The molecule has 214 valence electrons. The summed E-state index contributed by atoms with van der Waals surface area (Å²) in [4.78, 5) is 5.47. The zero-order valence-corrected chi connectivity index (χ0v) is 26.0. The molecule has 0 saturated carbocycles. The second-order valence-corrected chi connectivity index (χ2v) is 12.0. The molecule has 1 aromatic heterocycles. The number of hydrogen-bond acceptors (Lipinski definition) is 1. The molecule has 2 heterocycles. The van der Waals surface area contributed by atoms with Gasteiger partial charge < -0.3 is 4.57 Å². The first kappa shape index (κ1) is 27.6. The Morgan fingerprint density at radius 2 is 1.20 bits per heavy atom. The highest BCUT2D eigenvalue weighted by Gasteiger charge is 2.28. The smallest absolute Gasteiger partial charge is 0.0815 e. The lowest BCUT2D eigenvalue weighted by molar-refractivity contribution is 0.920. The van der Waals surface area contributed by atoms with Crippen LogP contribution in [0.3, 0.4) is 0 Å². The highest BCUT2D eigenvalue weighted by Crippen LogP contribution is 2.45. The molecule has 5 aromatic carbocycles. The van der Waals surface area contributed by atoms with Crippen molar-refractivity contribution in [1.82, 2.24) is 4.57 Å². The van der Waals surface area contributed by atoms with Gasteiger partial charge in [0.05, 0.1) is 22.8 Å². The van der Waals surface area contributed by atoms with Crippen molar-refractivity contribution in [3.8, 4) is 11.3 Å². The maximum atomic E-state index is 5.47. The van der Waals surface area contributed by atoms with Crippen molar-refractivity contribution in [3.63, 3.8) is 0 Å². The van der Waals surface area contributed by atoms with E-state index in [0.717, 1.165) is 39.2 Å². The lowest BCUT2D eigenvalue weighted by Crippen LogP contribution is -2.04. The van der Waals surface area contributed by atoms with E-state index in [2.05, 4.69) is 167 Å². The molecule has 0 unspecified atom stereocenters. The summed E-state index contributed by atoms with van der Waals surface area (Å²) >= 11 is 0. The van der Waals surface area contributed by atoms with Crippen LogP contribution < -0.4 is 0 Å². The van der Waals surface area contributed by atoms with Gasteiger partial charge in [0, 0.05) is 40.1 Å². The summed E-state index contributed by atoms with van der Waals surface area (Å²) in [5.41, 5.74) is 16.5. The average Bonchev–Trinajstić information content (AvgIpc) is 3.58. The van der Waals surface area contributed by atoms with E-state index in [-0.39, 0.29) is 0 Å². The Morgan fingerprint density at radius 1 is 0.591 bits per heavy atom. The van der Waals surface area contributed by atoms with Crippen LogP contribution in [0.5, 0.6) is 0 Å². The van der Waals surface area contributed by atoms with Crippen LogP contribution in [0.1, 0.15) is 44.6 Å². The van der Waals surface area contributed by atoms with Crippen LogP contribution in [-0.4, -0.2) is 10.3 Å². The second kappa shape index (κ2) is 11.1. The third-order valence-corrected chi connectivity index (χ3v) is 8.73. The van der Waals surface area contributed by atoms with Gasteiger partial charge in [0.25, 0.3) is 0 Å². The van der Waals surface area contributed by atoms with Crippen LogP contribution in [0.4, 0.5) is 0 Å². The molecule has 0 fully saturated rings. The Hall–Kier alpha value is -5.21. The predicted octanol–water partition coefficient (Wildman–Crippen LogP) is 10.4. The van der Waals surface area contributed by atoms with E-state index < -0.39 is 0 Å². The minimum Gasteiger partial charge on any atom is -0.343 e. The van der Waals surface area contributed by atoms with Crippen LogP contribution in [0.15, 0.2) is 138 Å². The topological polar surface area (TPSA) is 17.3 Å². The zero-order valence-electron chi connectivity index (χ0n) is 26.0. The van der Waals surface area contributed by atoms with Gasteiger partial charge >= 0.3 is 0 Å². The Kier molecular flexibility index (Phi) is 6.98. The van der Waals surface area contributed by atoms with Crippen molar-refractivity contribution in [2.24, 2.45) is 12.0 Å². The van der Waals surface area contributed by atoms with Crippen molar-refractivity contribution in [3.05, 3.63) is 178 Å². The highest BCUT2D eigenvalue weighted by atomic mass is 15.0. The summed E-state index contributed by atoms with van der Waals surface area (Å²) in [7, 11) is 2.22. The molecule has 0 saturated heterocycles. The summed E-state index contributed by atoms with van der Waals surface area (Å²) in [6.45, 7) is 8.82. The number of aliphatic imine (C=N–C) groups is 1. The third kappa shape index (κ3) is 4.73. The number of allylic oxidation sites excluding steroid dienone is 2. The molecule has 7 rings (SSSR count). The fourth-order valence-corrected chi connectivity index (χ4v) is 6.92. The first-order chi connectivity index (χ1) is 21.4. The molecule has 44 heavy (non-hydrogen) atoms. The molecular formula is C42H36N2. The zero-order chi connectivity index (χ0) is 30.4. The van der Waals surface area contributed by atoms with Crippen molar-refractivity contribution in [2.45, 2.75) is 27.7 Å². The van der Waals surface area contributed by atoms with Gasteiger partial charge in [0.15, 0.2) is 0 Å². The normalized spacial score (nSPS) is 14.1. The van der Waals surface area contributed by atoms with E-state index in [1.165, 1.54) is 50.0 Å². The van der Waals surface area contributed by atoms with Crippen LogP contribution in [0.2, 0.25) is 0 Å². The van der Waals surface area contributed by atoms with Gasteiger partial charge in [-0.25, -0.2) is 4.99 Å². The second-order valence-electron chi connectivity index (χ2n) is 12.0. The minimum atomic E-state index is 0.980. The highest BCUT2D eigenvalue weighted by molar-refractivity contribution is 6.20. The summed E-state index contributed by atoms with van der Waals surface area (Å²) in [5, 5.41) is 2.48. The number of nitrogens with zero attached hydrogens (tertiary/aromatic N) is 2. The van der Waals surface area contributed by atoms with E-state index in [9.17, 15) is 0 Å². The van der Waals surface area contributed by atoms with Crippen molar-refractivity contribution < 1.29 is 0 Å². The fraction of sp³-hybridized carbons (Fsp3) is 0.119. The van der Waals surface area contributed by atoms with Gasteiger partial charge in [-0.2, -0.15) is 0 Å². The van der Waals surface area contributed by atoms with Crippen LogP contribution in [-0.2, 0) is 7.05 Å². The van der Waals surface area contributed by atoms with Crippen molar-refractivity contribution >= 4 is 27.6 Å². The van der Waals surface area contributed by atoms with E-state index in [4.69, 9.17) is 4.99 Å². The van der Waals surface area contributed by atoms with Gasteiger partial charge in [-0.3, -0.25) is 0 Å². The number of aryl methyl sites for hydroxylation is 4. The largest absolute Gasteiger partial charge is 0.343 e. The molecule has 0 spiro atoms. The molecule has 0 N–H and O–H groups in total. The summed E-state index contributed by atoms with van der Waals surface area (Å²) < 4.78 is 2.42. The first-order valence-electron chi connectivity index (χ1n) is 15.3. The fourth-order valence-electron chi connectivity index (χ4n) is 6.92. The lowest BCUT2D eigenvalue weighted by atomic mass is 9.91. The van der Waals surface area contributed by atoms with E-state index >= 15 is 0 Å². The van der Waals surface area contributed by atoms with Crippen LogP contribution in [0, 0.1) is 27.7 Å². The molecule has 0 aliphatic carbocycles. The lowest BCUT2D eigenvalue weighted by Gasteiger charge is -2.18. The molecule has 0 atom stereocenters. The molecular weight excluding hydrogens is 532 g/mol. The Labute approximate surface area is 260 Å². The van der Waals surface area contributed by atoms with Gasteiger partial charge in [0.1, 0.15) is 0 Å². The molecule has 2 heteroatoms. The number of rotatable bonds is 5. The standard InChI is InChI=1S/C42H36N2/c1-27-15-14-20-33(25-27)39(40-36(31-16-8-6-9-17-31)26-37(43-40)32-18-10-7-11-19-32)42-35-22-13-12-21-34(35)41(44(42)5)38-29(3)23-28(2)24-30(38)4/h6-26H,1-5H3/b40-39-. The quantitative estimate of drug-likeness (QED) is 0.197. The monoisotopic (exact) mass is 568 g/mol. The van der Waals surface area contributed by atoms with E-state index in [0.29, 0.717) is 0 Å². The number of hydrogen-bond donors (Lipinski definition) is 0. The molecule has 0 amide bonds. The van der Waals surface area contributed by atoms with E-state index in [1.807, 2.05) is 0 Å². The van der Waals surface area contributed by atoms with Crippen LogP contribution in [0.25, 0.3) is 33.2 Å². The number of fused-ring (bicyclic) bond motifs is 1. The van der Waals surface area contributed by atoms with Crippen LogP contribution >= 0.6 is 0 Å². The minimum absolute atomic E-state index is 0.980. The number of aromatic nitrogens is 1. The maximum absolute atomic E-state index is 5.47. The molecule has 0 radical (unpaired) electrons. The predicted molar refractivity (Wildman–Crippen MR) is 187 cm³/mol. The maximum Gasteiger partial charge on any atom is 0.0815 e. The Balaban J connectivity index is 1.62. The third-order valence-electron chi connectivity index (χ3n) is 8.73. The summed E-state index contributed by atoms with van der Waals surface area (Å²) in [5.74, 6) is 0. The Bertz CT molecular complexity index is 2110. The van der Waals surface area contributed by atoms with Gasteiger partial charge in [-0.05, 0) is 56.0 Å². The van der Waals surface area contributed by atoms with Crippen molar-refractivity contribution in [1.29, 1.82) is 0 Å². The molecule has 1 aliphatic heterocycles. The van der Waals surface area contributed by atoms with Gasteiger partial charge in [-0.15, -0.1) is 0 Å². The number of benzene rings is 5.